The highest BCUT2D eigenvalue weighted by molar-refractivity contribution is 7.91. The molecule has 9 heteroatoms. The minimum absolute atomic E-state index is 0.0124. The van der Waals surface area contributed by atoms with E-state index >= 15 is 0 Å². The van der Waals surface area contributed by atoms with Crippen LogP contribution in [0.3, 0.4) is 0 Å². The molecule has 1 aliphatic rings. The van der Waals surface area contributed by atoms with E-state index in [1.165, 1.54) is 5.56 Å². The van der Waals surface area contributed by atoms with Crippen molar-refractivity contribution in [2.24, 2.45) is 0 Å². The number of hydrogen-bond acceptors (Lipinski definition) is 7. The number of hydrogen-bond donors (Lipinski definition) is 1. The highest BCUT2D eigenvalue weighted by Crippen LogP contribution is 2.15. The Morgan fingerprint density at radius 1 is 1.30 bits per heavy atom. The van der Waals surface area contributed by atoms with Crippen molar-refractivity contribution in [1.29, 1.82) is 0 Å². The Kier molecular flexibility index (Phi) is 5.69. The maximum atomic E-state index is 12.5. The summed E-state index contributed by atoms with van der Waals surface area (Å²) in [4.78, 5) is 27.1. The summed E-state index contributed by atoms with van der Waals surface area (Å²) < 4.78 is 23.1. The molecule has 1 aliphatic heterocycles. The van der Waals surface area contributed by atoms with E-state index in [1.54, 1.807) is 25.4 Å². The predicted molar refractivity (Wildman–Crippen MR) is 103 cm³/mol. The number of carbonyl (C=O) groups is 1. The van der Waals surface area contributed by atoms with Crippen molar-refractivity contribution in [3.63, 3.8) is 0 Å². The molecule has 2 aromatic rings. The maximum absolute atomic E-state index is 12.5. The van der Waals surface area contributed by atoms with Crippen molar-refractivity contribution < 1.29 is 13.2 Å². The van der Waals surface area contributed by atoms with E-state index < -0.39 is 9.84 Å². The smallest absolute Gasteiger partial charge is 0.270 e. The van der Waals surface area contributed by atoms with Crippen molar-refractivity contribution in [3.05, 3.63) is 47.7 Å². The molecule has 1 unspecified atom stereocenters. The number of nitrogens with one attached hydrogen (secondary N) is 1. The lowest BCUT2D eigenvalue weighted by Gasteiger charge is -2.19. The van der Waals surface area contributed by atoms with Crippen LogP contribution in [-0.2, 0) is 16.3 Å². The summed E-state index contributed by atoms with van der Waals surface area (Å²) >= 11 is 0. The van der Waals surface area contributed by atoms with Gasteiger partial charge in [-0.15, -0.1) is 0 Å². The van der Waals surface area contributed by atoms with E-state index in [0.717, 1.165) is 13.0 Å². The Labute approximate surface area is 159 Å². The fourth-order valence-electron chi connectivity index (χ4n) is 2.99. The molecule has 2 aromatic heterocycles. The molecule has 1 fully saturated rings. The van der Waals surface area contributed by atoms with Gasteiger partial charge in [-0.3, -0.25) is 9.78 Å². The van der Waals surface area contributed by atoms with Gasteiger partial charge in [-0.1, -0.05) is 0 Å². The van der Waals surface area contributed by atoms with Gasteiger partial charge in [0.25, 0.3) is 5.91 Å². The van der Waals surface area contributed by atoms with Gasteiger partial charge in [0, 0.05) is 38.1 Å². The lowest BCUT2D eigenvalue weighted by molar-refractivity contribution is 0.0935. The summed E-state index contributed by atoms with van der Waals surface area (Å²) in [6, 6.07) is 5.21. The molecule has 0 spiro atoms. The minimum Gasteiger partial charge on any atom is -0.359 e. The Balaban J connectivity index is 1.67. The Morgan fingerprint density at radius 2 is 2.04 bits per heavy atom. The molecule has 3 heterocycles. The van der Waals surface area contributed by atoms with E-state index in [4.69, 9.17) is 0 Å². The third kappa shape index (κ3) is 5.22. The number of sulfone groups is 1. The van der Waals surface area contributed by atoms with Gasteiger partial charge >= 0.3 is 0 Å². The second kappa shape index (κ2) is 7.99. The zero-order valence-electron chi connectivity index (χ0n) is 15.4. The van der Waals surface area contributed by atoms with Gasteiger partial charge in [0.05, 0.1) is 11.5 Å². The predicted octanol–water partition coefficient (Wildman–Crippen LogP) is 0.776. The van der Waals surface area contributed by atoms with E-state index in [0.29, 0.717) is 18.1 Å². The largest absolute Gasteiger partial charge is 0.359 e. The fraction of sp³-hybridized carbons (Fsp3) is 0.444. The van der Waals surface area contributed by atoms with Gasteiger partial charge in [0.1, 0.15) is 17.3 Å². The Hall–Kier alpha value is -2.55. The summed E-state index contributed by atoms with van der Waals surface area (Å²) in [5, 5.41) is 2.77. The first-order valence-electron chi connectivity index (χ1n) is 8.79. The Morgan fingerprint density at radius 3 is 2.70 bits per heavy atom. The second-order valence-electron chi connectivity index (χ2n) is 6.76. The van der Waals surface area contributed by atoms with E-state index in [2.05, 4.69) is 20.3 Å². The molecule has 3 rings (SSSR count). The standard InChI is InChI=1S/C18H23N5O3S/c1-13-20-16(18(24)22-15-6-10-27(25,26)12-15)11-17(21-13)23(2)9-5-14-3-7-19-8-4-14/h3-4,7-8,11,15H,5-6,9-10,12H2,1-2H3,(H,22,24). The topological polar surface area (TPSA) is 105 Å². The normalized spacial score (nSPS) is 18.2. The lowest BCUT2D eigenvalue weighted by atomic mass is 10.2. The van der Waals surface area contributed by atoms with Crippen LogP contribution in [0.15, 0.2) is 30.6 Å². The molecule has 1 atom stereocenters. The van der Waals surface area contributed by atoms with Crippen LogP contribution in [0.4, 0.5) is 5.82 Å². The number of pyridine rings is 1. The van der Waals surface area contributed by atoms with Crippen molar-refractivity contribution in [2.45, 2.75) is 25.8 Å². The average molecular weight is 389 g/mol. The molecule has 0 bridgehead atoms. The van der Waals surface area contributed by atoms with Crippen LogP contribution in [-0.4, -0.2) is 60.4 Å². The molecular formula is C18H23N5O3S. The van der Waals surface area contributed by atoms with Crippen molar-refractivity contribution in [2.75, 3.05) is 30.0 Å². The fourth-order valence-corrected chi connectivity index (χ4v) is 4.67. The van der Waals surface area contributed by atoms with Crippen molar-refractivity contribution in [3.8, 4) is 0 Å². The number of aromatic nitrogens is 3. The van der Waals surface area contributed by atoms with E-state index in [1.807, 2.05) is 24.1 Å². The summed E-state index contributed by atoms with van der Waals surface area (Å²) in [7, 11) is -1.14. The van der Waals surface area contributed by atoms with Crippen LogP contribution in [0.5, 0.6) is 0 Å². The third-order valence-electron chi connectivity index (χ3n) is 4.50. The number of anilines is 1. The molecule has 27 heavy (non-hydrogen) atoms. The zero-order valence-corrected chi connectivity index (χ0v) is 16.2. The number of amides is 1. The van der Waals surface area contributed by atoms with E-state index in [9.17, 15) is 13.2 Å². The summed E-state index contributed by atoms with van der Waals surface area (Å²) in [6.45, 7) is 2.46. The summed E-state index contributed by atoms with van der Waals surface area (Å²) in [6.07, 6.45) is 4.78. The van der Waals surface area contributed by atoms with Crippen LogP contribution < -0.4 is 10.2 Å². The van der Waals surface area contributed by atoms with Crippen LogP contribution >= 0.6 is 0 Å². The highest BCUT2D eigenvalue weighted by atomic mass is 32.2. The first-order valence-corrected chi connectivity index (χ1v) is 10.6. The number of aryl methyl sites for hydroxylation is 1. The van der Waals surface area contributed by atoms with Gasteiger partial charge < -0.3 is 10.2 Å². The molecule has 8 nitrogen and oxygen atoms in total. The third-order valence-corrected chi connectivity index (χ3v) is 6.27. The number of likely N-dealkylation sites (N-methyl/N-ethyl adjacent to an activating group) is 1. The first kappa shape index (κ1) is 19.2. The molecule has 0 radical (unpaired) electrons. The van der Waals surface area contributed by atoms with Gasteiger partial charge in [-0.25, -0.2) is 18.4 Å². The molecule has 0 aliphatic carbocycles. The second-order valence-corrected chi connectivity index (χ2v) is 8.99. The van der Waals surface area contributed by atoms with Gasteiger partial charge in [0.15, 0.2) is 9.84 Å². The maximum Gasteiger partial charge on any atom is 0.270 e. The number of nitrogens with zero attached hydrogens (tertiary/aromatic N) is 4. The monoisotopic (exact) mass is 389 g/mol. The molecule has 0 saturated carbocycles. The van der Waals surface area contributed by atoms with Gasteiger partial charge in [-0.2, -0.15) is 0 Å². The quantitative estimate of drug-likeness (QED) is 0.778. The zero-order chi connectivity index (χ0) is 19.4. The van der Waals surface area contributed by atoms with Gasteiger partial charge in [-0.05, 0) is 37.5 Å². The minimum atomic E-state index is -3.05. The highest BCUT2D eigenvalue weighted by Gasteiger charge is 2.29. The summed E-state index contributed by atoms with van der Waals surface area (Å²) in [5.74, 6) is 0.880. The van der Waals surface area contributed by atoms with Crippen molar-refractivity contribution in [1.82, 2.24) is 20.3 Å². The van der Waals surface area contributed by atoms with E-state index in [-0.39, 0.29) is 29.1 Å². The van der Waals surface area contributed by atoms with Gasteiger partial charge in [0.2, 0.25) is 0 Å². The number of rotatable bonds is 6. The van der Waals surface area contributed by atoms with Crippen LogP contribution in [0.2, 0.25) is 0 Å². The molecule has 1 saturated heterocycles. The lowest BCUT2D eigenvalue weighted by Crippen LogP contribution is -2.36. The SMILES string of the molecule is Cc1nc(C(=O)NC2CCS(=O)(=O)C2)cc(N(C)CCc2ccncc2)n1. The number of carbonyl (C=O) groups excluding carboxylic acids is 1. The first-order chi connectivity index (χ1) is 12.8. The molecular weight excluding hydrogens is 366 g/mol. The molecule has 144 valence electrons. The van der Waals surface area contributed by atoms with Crippen LogP contribution in [0, 0.1) is 6.92 Å². The Bertz CT molecular complexity index is 918. The average Bonchev–Trinajstić information content (AvgIpc) is 2.98. The molecule has 0 aromatic carbocycles. The van der Waals surface area contributed by atoms with Crippen LogP contribution in [0.1, 0.15) is 28.3 Å². The van der Waals surface area contributed by atoms with Crippen LogP contribution in [0.25, 0.3) is 0 Å². The molecule has 1 N–H and O–H groups in total. The molecule has 1 amide bonds. The van der Waals surface area contributed by atoms with Crippen molar-refractivity contribution >= 4 is 21.6 Å². The summed E-state index contributed by atoms with van der Waals surface area (Å²) in [5.41, 5.74) is 1.42.